The van der Waals surface area contributed by atoms with Crippen molar-refractivity contribution < 1.29 is 14.3 Å². The van der Waals surface area contributed by atoms with E-state index in [1.165, 1.54) is 0 Å². The van der Waals surface area contributed by atoms with Crippen LogP contribution in [0.2, 0.25) is 0 Å². The maximum Gasteiger partial charge on any atom is 0.227 e. The van der Waals surface area contributed by atoms with Crippen molar-refractivity contribution in [1.29, 1.82) is 0 Å². The van der Waals surface area contributed by atoms with E-state index in [0.717, 1.165) is 28.9 Å². The number of ether oxygens (including phenoxy) is 2. The fraction of sp³-hybridized carbons (Fsp3) is 0.381. The second kappa shape index (κ2) is 8.17. The summed E-state index contributed by atoms with van der Waals surface area (Å²) in [6.07, 6.45) is 0.954. The molecular formula is C21H25NO3. The van der Waals surface area contributed by atoms with E-state index < -0.39 is 0 Å². The van der Waals surface area contributed by atoms with Crippen molar-refractivity contribution in [2.24, 2.45) is 5.92 Å². The Hall–Kier alpha value is -2.33. The lowest BCUT2D eigenvalue weighted by molar-refractivity contribution is -0.126. The topological polar surface area (TPSA) is 47.6 Å². The molecule has 4 nitrogen and oxygen atoms in total. The molecule has 25 heavy (non-hydrogen) atoms. The second-order valence-corrected chi connectivity index (χ2v) is 6.71. The van der Waals surface area contributed by atoms with Crippen molar-refractivity contribution >= 4 is 5.91 Å². The minimum atomic E-state index is -0.131. The van der Waals surface area contributed by atoms with Gasteiger partial charge in [0.1, 0.15) is 12.4 Å². The summed E-state index contributed by atoms with van der Waals surface area (Å²) in [4.78, 5) is 12.4. The normalized spacial score (nSPS) is 16.2. The van der Waals surface area contributed by atoms with Crippen LogP contribution in [-0.4, -0.2) is 18.6 Å². The molecule has 2 aromatic rings. The first-order chi connectivity index (χ1) is 12.1. The van der Waals surface area contributed by atoms with Gasteiger partial charge >= 0.3 is 0 Å². The Morgan fingerprint density at radius 2 is 1.88 bits per heavy atom. The third kappa shape index (κ3) is 4.83. The average Bonchev–Trinajstić information content (AvgIpc) is 2.64. The van der Waals surface area contributed by atoms with Gasteiger partial charge in [0.05, 0.1) is 18.6 Å². The fourth-order valence-corrected chi connectivity index (χ4v) is 2.85. The maximum atomic E-state index is 12.4. The first-order valence-electron chi connectivity index (χ1n) is 8.79. The van der Waals surface area contributed by atoms with Crippen LogP contribution >= 0.6 is 0 Å². The molecule has 4 heteroatoms. The number of para-hydroxylation sites is 1. The van der Waals surface area contributed by atoms with Gasteiger partial charge in [-0.2, -0.15) is 0 Å². The largest absolute Gasteiger partial charge is 0.492 e. The monoisotopic (exact) mass is 339 g/mol. The van der Waals surface area contributed by atoms with Crippen molar-refractivity contribution in [3.63, 3.8) is 0 Å². The molecule has 0 aromatic heterocycles. The highest BCUT2D eigenvalue weighted by Gasteiger charge is 2.25. The number of rotatable bonds is 6. The van der Waals surface area contributed by atoms with Crippen LogP contribution in [0.1, 0.15) is 30.5 Å². The molecule has 1 unspecified atom stereocenters. The summed E-state index contributed by atoms with van der Waals surface area (Å²) >= 11 is 0. The first-order valence-corrected chi connectivity index (χ1v) is 8.79. The highest BCUT2D eigenvalue weighted by Crippen LogP contribution is 2.26. The Morgan fingerprint density at radius 3 is 2.64 bits per heavy atom. The molecule has 3 rings (SSSR count). The van der Waals surface area contributed by atoms with Crippen LogP contribution in [0.25, 0.3) is 0 Å². The summed E-state index contributed by atoms with van der Waals surface area (Å²) in [5.74, 6) is 0.807. The van der Waals surface area contributed by atoms with Gasteiger partial charge in [-0.25, -0.2) is 0 Å². The van der Waals surface area contributed by atoms with Gasteiger partial charge in [0.2, 0.25) is 5.91 Å². The average molecular weight is 339 g/mol. The highest BCUT2D eigenvalue weighted by atomic mass is 16.5. The number of carbonyl (C=O) groups is 1. The van der Waals surface area contributed by atoms with Gasteiger partial charge in [-0.05, 0) is 43.0 Å². The zero-order valence-electron chi connectivity index (χ0n) is 14.8. The predicted molar refractivity (Wildman–Crippen MR) is 97.3 cm³/mol. The van der Waals surface area contributed by atoms with Gasteiger partial charge in [-0.3, -0.25) is 4.79 Å². The Kier molecular flexibility index (Phi) is 5.71. The van der Waals surface area contributed by atoms with E-state index >= 15 is 0 Å². The molecule has 0 saturated heterocycles. The number of carbonyl (C=O) groups excluding carboxylic acids is 1. The van der Waals surface area contributed by atoms with Crippen molar-refractivity contribution in [3.05, 3.63) is 65.2 Å². The summed E-state index contributed by atoms with van der Waals surface area (Å²) in [5, 5.41) is 3.02. The summed E-state index contributed by atoms with van der Waals surface area (Å²) in [7, 11) is 0. The quantitative estimate of drug-likeness (QED) is 0.876. The lowest BCUT2D eigenvalue weighted by Gasteiger charge is -2.24. The first kappa shape index (κ1) is 17.5. The summed E-state index contributed by atoms with van der Waals surface area (Å²) in [6, 6.07) is 16.1. The van der Waals surface area contributed by atoms with Gasteiger partial charge in [-0.15, -0.1) is 0 Å². The molecular weight excluding hydrogens is 314 g/mol. The summed E-state index contributed by atoms with van der Waals surface area (Å²) in [5.41, 5.74) is 3.32. The van der Waals surface area contributed by atoms with Gasteiger partial charge in [0, 0.05) is 6.54 Å². The van der Waals surface area contributed by atoms with Crippen LogP contribution in [0.3, 0.4) is 0 Å². The molecule has 1 heterocycles. The number of fused-ring (bicyclic) bond motifs is 1. The van der Waals surface area contributed by atoms with E-state index in [-0.39, 0.29) is 17.9 Å². The Morgan fingerprint density at radius 1 is 1.16 bits per heavy atom. The third-order valence-electron chi connectivity index (χ3n) is 4.32. The van der Waals surface area contributed by atoms with Crippen molar-refractivity contribution in [1.82, 2.24) is 5.32 Å². The van der Waals surface area contributed by atoms with E-state index in [1.54, 1.807) is 0 Å². The molecule has 0 spiro atoms. The van der Waals surface area contributed by atoms with Crippen LogP contribution in [0.4, 0.5) is 0 Å². The van der Waals surface area contributed by atoms with E-state index in [9.17, 15) is 4.79 Å². The number of nitrogens with one attached hydrogen (secondary N) is 1. The standard InChI is InChI=1S/C21H25NO3/c1-15(2)24-13-17-9-7-16(8-10-17)12-22-21(23)19-11-18-5-3-4-6-20(18)25-14-19/h3-10,15,19H,11-14H2,1-2H3,(H,22,23). The van der Waals surface area contributed by atoms with Crippen LogP contribution in [0.15, 0.2) is 48.5 Å². The summed E-state index contributed by atoms with van der Waals surface area (Å²) < 4.78 is 11.3. The molecule has 132 valence electrons. The van der Waals surface area contributed by atoms with Crippen LogP contribution in [0, 0.1) is 5.92 Å². The predicted octanol–water partition coefficient (Wildman–Crippen LogP) is 3.48. The van der Waals surface area contributed by atoms with Crippen molar-refractivity contribution in [2.45, 2.75) is 39.5 Å². The van der Waals surface area contributed by atoms with Gasteiger partial charge in [0.25, 0.3) is 0 Å². The highest BCUT2D eigenvalue weighted by molar-refractivity contribution is 5.79. The van der Waals surface area contributed by atoms with Gasteiger partial charge in [-0.1, -0.05) is 42.5 Å². The molecule has 0 saturated carbocycles. The zero-order valence-corrected chi connectivity index (χ0v) is 14.8. The molecule has 0 fully saturated rings. The minimum Gasteiger partial charge on any atom is -0.492 e. The molecule has 0 bridgehead atoms. The van der Waals surface area contributed by atoms with Gasteiger partial charge in [0.15, 0.2) is 0 Å². The zero-order chi connectivity index (χ0) is 17.6. The molecule has 1 aliphatic rings. The summed E-state index contributed by atoms with van der Waals surface area (Å²) in [6.45, 7) is 5.63. The van der Waals surface area contributed by atoms with E-state index in [2.05, 4.69) is 5.32 Å². The number of hydrogen-bond acceptors (Lipinski definition) is 3. The third-order valence-corrected chi connectivity index (χ3v) is 4.32. The smallest absolute Gasteiger partial charge is 0.227 e. The van der Waals surface area contributed by atoms with E-state index in [4.69, 9.17) is 9.47 Å². The van der Waals surface area contributed by atoms with Crippen LogP contribution in [-0.2, 0) is 29.1 Å². The molecule has 2 aromatic carbocycles. The SMILES string of the molecule is CC(C)OCc1ccc(CNC(=O)C2COc3ccccc3C2)cc1. The molecule has 1 aliphatic heterocycles. The van der Waals surface area contributed by atoms with Crippen LogP contribution < -0.4 is 10.1 Å². The Labute approximate surface area is 149 Å². The Balaban J connectivity index is 1.49. The molecule has 1 atom stereocenters. The maximum absolute atomic E-state index is 12.4. The molecule has 1 N–H and O–H groups in total. The lowest BCUT2D eigenvalue weighted by atomic mass is 9.96. The molecule has 0 aliphatic carbocycles. The number of hydrogen-bond donors (Lipinski definition) is 1. The molecule has 0 radical (unpaired) electrons. The number of benzene rings is 2. The lowest BCUT2D eigenvalue weighted by Crippen LogP contribution is -2.37. The molecule has 1 amide bonds. The minimum absolute atomic E-state index is 0.0433. The van der Waals surface area contributed by atoms with Gasteiger partial charge < -0.3 is 14.8 Å². The van der Waals surface area contributed by atoms with Crippen molar-refractivity contribution in [2.75, 3.05) is 6.61 Å². The van der Waals surface area contributed by atoms with E-state index in [0.29, 0.717) is 19.8 Å². The fourth-order valence-electron chi connectivity index (χ4n) is 2.85. The number of amides is 1. The van der Waals surface area contributed by atoms with Crippen molar-refractivity contribution in [3.8, 4) is 5.75 Å². The second-order valence-electron chi connectivity index (χ2n) is 6.71. The van der Waals surface area contributed by atoms with E-state index in [1.807, 2.05) is 62.4 Å². The Bertz CT molecular complexity index is 709. The van der Waals surface area contributed by atoms with Crippen LogP contribution in [0.5, 0.6) is 5.75 Å².